The molecule has 1 aliphatic heterocycles. The normalized spacial score (nSPS) is 14.2. The van der Waals surface area contributed by atoms with E-state index in [4.69, 9.17) is 4.74 Å². The van der Waals surface area contributed by atoms with Crippen LogP contribution in [0.15, 0.2) is 42.5 Å². The molecule has 0 bridgehead atoms. The maximum absolute atomic E-state index is 12.8. The summed E-state index contributed by atoms with van der Waals surface area (Å²) in [6.45, 7) is 2.33. The van der Waals surface area contributed by atoms with E-state index in [9.17, 15) is 18.0 Å². The lowest BCUT2D eigenvalue weighted by Gasteiger charge is -2.19. The number of sulfonamides is 1. The van der Waals surface area contributed by atoms with Crippen LogP contribution in [0, 0.1) is 6.92 Å². The van der Waals surface area contributed by atoms with Crippen LogP contribution in [-0.2, 0) is 26.0 Å². The number of rotatable bonds is 6. The number of hydrogen-bond donors (Lipinski definition) is 1. The van der Waals surface area contributed by atoms with Crippen LogP contribution < -0.4 is 9.62 Å². The molecule has 0 saturated heterocycles. The second kappa shape index (κ2) is 8.24. The third-order valence-electron chi connectivity index (χ3n) is 4.98. The fourth-order valence-corrected chi connectivity index (χ4v) is 4.36. The Kier molecular flexibility index (Phi) is 5.93. The molecule has 0 unspecified atom stereocenters. The van der Waals surface area contributed by atoms with E-state index >= 15 is 0 Å². The van der Waals surface area contributed by atoms with Crippen molar-refractivity contribution < 1.29 is 22.7 Å². The molecule has 1 amide bonds. The monoisotopic (exact) mass is 416 g/mol. The Bertz CT molecular complexity index is 1030. The first-order chi connectivity index (χ1) is 13.7. The zero-order valence-electron chi connectivity index (χ0n) is 16.6. The van der Waals surface area contributed by atoms with Crippen molar-refractivity contribution in [3.63, 3.8) is 0 Å². The summed E-state index contributed by atoms with van der Waals surface area (Å²) in [4.78, 5) is 24.7. The highest BCUT2D eigenvalue weighted by Crippen LogP contribution is 2.31. The highest BCUT2D eigenvalue weighted by Gasteiger charge is 2.27. The Morgan fingerprint density at radius 2 is 1.86 bits per heavy atom. The molecule has 0 spiro atoms. The Labute approximate surface area is 170 Å². The number of anilines is 1. The van der Waals surface area contributed by atoms with Crippen LogP contribution in [0.3, 0.4) is 0 Å². The first-order valence-corrected chi connectivity index (χ1v) is 11.1. The summed E-state index contributed by atoms with van der Waals surface area (Å²) < 4.78 is 29.9. The van der Waals surface area contributed by atoms with Gasteiger partial charge in [0.25, 0.3) is 5.91 Å². The zero-order chi connectivity index (χ0) is 21.2. The summed E-state index contributed by atoms with van der Waals surface area (Å²) in [5.74, 6) is -0.756. The van der Waals surface area contributed by atoms with Gasteiger partial charge in [0.15, 0.2) is 0 Å². The molecule has 0 saturated carbocycles. The number of methoxy groups -OCH3 is 1. The lowest BCUT2D eigenvalue weighted by Crippen LogP contribution is -2.30. The van der Waals surface area contributed by atoms with E-state index in [-0.39, 0.29) is 12.3 Å². The summed E-state index contributed by atoms with van der Waals surface area (Å²) in [7, 11) is -2.03. The quantitative estimate of drug-likeness (QED) is 0.730. The van der Waals surface area contributed by atoms with Gasteiger partial charge in [-0.2, -0.15) is 0 Å². The van der Waals surface area contributed by atoms with Crippen LogP contribution in [0.25, 0.3) is 0 Å². The molecular weight excluding hydrogens is 392 g/mol. The highest BCUT2D eigenvalue weighted by molar-refractivity contribution is 7.92. The Balaban J connectivity index is 1.83. The van der Waals surface area contributed by atoms with Gasteiger partial charge in [-0.3, -0.25) is 13.9 Å². The second-order valence-electron chi connectivity index (χ2n) is 7.15. The number of fused-ring (bicyclic) bond motifs is 1. The van der Waals surface area contributed by atoms with Crippen molar-refractivity contribution in [3.8, 4) is 0 Å². The van der Waals surface area contributed by atoms with Crippen LogP contribution >= 0.6 is 0 Å². The van der Waals surface area contributed by atoms with Gasteiger partial charge in [-0.05, 0) is 42.7 Å². The van der Waals surface area contributed by atoms with Crippen LogP contribution in [0.1, 0.15) is 39.5 Å². The van der Waals surface area contributed by atoms with Crippen molar-refractivity contribution in [1.82, 2.24) is 5.32 Å². The van der Waals surface area contributed by atoms with Gasteiger partial charge in [0.05, 0.1) is 31.5 Å². The molecule has 8 heteroatoms. The average Bonchev–Trinajstić information content (AvgIpc) is 3.11. The molecular formula is C21H24N2O5S. The van der Waals surface area contributed by atoms with Gasteiger partial charge in [0.1, 0.15) is 0 Å². The number of nitrogens with zero attached hydrogens (tertiary/aromatic N) is 1. The first-order valence-electron chi connectivity index (χ1n) is 9.24. The molecule has 1 aliphatic rings. The first kappa shape index (κ1) is 20.9. The van der Waals surface area contributed by atoms with Crippen LogP contribution in [-0.4, -0.2) is 40.2 Å². The molecule has 1 atom stereocenters. The molecule has 7 nitrogen and oxygen atoms in total. The maximum atomic E-state index is 12.8. The molecule has 3 rings (SSSR count). The summed E-state index contributed by atoms with van der Waals surface area (Å²) in [5, 5.41) is 2.90. The zero-order valence-corrected chi connectivity index (χ0v) is 17.5. The highest BCUT2D eigenvalue weighted by atomic mass is 32.2. The third-order valence-corrected chi connectivity index (χ3v) is 6.16. The Hall–Kier alpha value is -2.87. The standard InChI is InChI=1S/C21H24N2O5S/c1-14-4-6-15(7-5-14)18(13-20(24)28-2)22-21(25)17-8-9-19-16(12-17)10-11-23(19)29(3,26)27/h4-9,12,18H,10-11,13H2,1-3H3,(H,22,25)/t18-/m1/s1. The maximum Gasteiger partial charge on any atom is 0.307 e. The third kappa shape index (κ3) is 4.76. The minimum absolute atomic E-state index is 0.0120. The van der Waals surface area contributed by atoms with E-state index in [1.807, 2.05) is 31.2 Å². The number of amides is 1. The number of benzene rings is 2. The van der Waals surface area contributed by atoms with Crippen molar-refractivity contribution >= 4 is 27.6 Å². The SMILES string of the molecule is COC(=O)C[C@@H](NC(=O)c1ccc2c(c1)CCN2S(C)(=O)=O)c1ccc(C)cc1. The predicted octanol–water partition coefficient (Wildman–Crippen LogP) is 2.35. The molecule has 1 N–H and O–H groups in total. The van der Waals surface area contributed by atoms with Gasteiger partial charge in [-0.1, -0.05) is 29.8 Å². The van der Waals surface area contributed by atoms with Gasteiger partial charge >= 0.3 is 5.97 Å². The summed E-state index contributed by atoms with van der Waals surface area (Å²) in [5.41, 5.74) is 3.71. The molecule has 1 heterocycles. The fraction of sp³-hybridized carbons (Fsp3) is 0.333. The average molecular weight is 416 g/mol. The molecule has 29 heavy (non-hydrogen) atoms. The summed E-state index contributed by atoms with van der Waals surface area (Å²) >= 11 is 0. The number of esters is 1. The van der Waals surface area contributed by atoms with E-state index in [2.05, 4.69) is 5.32 Å². The number of nitrogens with one attached hydrogen (secondary N) is 1. The lowest BCUT2D eigenvalue weighted by molar-refractivity contribution is -0.141. The second-order valence-corrected chi connectivity index (χ2v) is 9.05. The molecule has 0 radical (unpaired) electrons. The lowest BCUT2D eigenvalue weighted by atomic mass is 10.0. The number of carbonyl (C=O) groups is 2. The number of aryl methyl sites for hydroxylation is 1. The smallest absolute Gasteiger partial charge is 0.307 e. The van der Waals surface area contributed by atoms with Crippen molar-refractivity contribution in [3.05, 3.63) is 64.7 Å². The number of ether oxygens (including phenoxy) is 1. The van der Waals surface area contributed by atoms with Gasteiger partial charge < -0.3 is 10.1 Å². The van der Waals surface area contributed by atoms with E-state index in [1.165, 1.54) is 17.7 Å². The summed E-state index contributed by atoms with van der Waals surface area (Å²) in [6.07, 6.45) is 1.73. The molecule has 0 aliphatic carbocycles. The van der Waals surface area contributed by atoms with Gasteiger partial charge in [-0.15, -0.1) is 0 Å². The number of carbonyl (C=O) groups excluding carboxylic acids is 2. The van der Waals surface area contributed by atoms with Crippen molar-refractivity contribution in [2.24, 2.45) is 0 Å². The molecule has 2 aromatic carbocycles. The van der Waals surface area contributed by atoms with E-state index in [0.29, 0.717) is 24.2 Å². The van der Waals surface area contributed by atoms with Crippen LogP contribution in [0.4, 0.5) is 5.69 Å². The molecule has 2 aromatic rings. The van der Waals surface area contributed by atoms with Crippen LogP contribution in [0.2, 0.25) is 0 Å². The number of hydrogen-bond acceptors (Lipinski definition) is 5. The summed E-state index contributed by atoms with van der Waals surface area (Å²) in [6, 6.07) is 12.0. The van der Waals surface area contributed by atoms with Crippen LogP contribution in [0.5, 0.6) is 0 Å². The van der Waals surface area contributed by atoms with Gasteiger partial charge in [0, 0.05) is 12.1 Å². The fourth-order valence-electron chi connectivity index (χ4n) is 3.40. The van der Waals surface area contributed by atoms with Crippen molar-refractivity contribution in [1.29, 1.82) is 0 Å². The topological polar surface area (TPSA) is 92.8 Å². The van der Waals surface area contributed by atoms with Gasteiger partial charge in [-0.25, -0.2) is 8.42 Å². The molecule has 0 aromatic heterocycles. The predicted molar refractivity (Wildman–Crippen MR) is 110 cm³/mol. The molecule has 154 valence electrons. The van der Waals surface area contributed by atoms with Crippen molar-refractivity contribution in [2.45, 2.75) is 25.8 Å². The van der Waals surface area contributed by atoms with E-state index < -0.39 is 22.0 Å². The minimum Gasteiger partial charge on any atom is -0.469 e. The largest absolute Gasteiger partial charge is 0.469 e. The molecule has 0 fully saturated rings. The van der Waals surface area contributed by atoms with E-state index in [0.717, 1.165) is 16.7 Å². The van der Waals surface area contributed by atoms with Crippen molar-refractivity contribution in [2.75, 3.05) is 24.2 Å². The Morgan fingerprint density at radius 3 is 2.48 bits per heavy atom. The van der Waals surface area contributed by atoms with E-state index in [1.54, 1.807) is 18.2 Å². The van der Waals surface area contributed by atoms with Gasteiger partial charge in [0.2, 0.25) is 10.0 Å². The minimum atomic E-state index is -3.34. The Morgan fingerprint density at radius 1 is 1.17 bits per heavy atom.